The Kier molecular flexibility index (Phi) is 10.9. The van der Waals surface area contributed by atoms with Gasteiger partial charge in [-0.1, -0.05) is 11.6 Å². The predicted octanol–water partition coefficient (Wildman–Crippen LogP) is 7.25. The highest BCUT2D eigenvalue weighted by atomic mass is 35.5. The minimum atomic E-state index is -4.88. The van der Waals surface area contributed by atoms with Crippen LogP contribution in [0.3, 0.4) is 0 Å². The fraction of sp³-hybridized carbons (Fsp3) is 0.414. The molecule has 1 N–H and O–H groups in total. The molecular weight excluding hydrogens is 652 g/mol. The van der Waals surface area contributed by atoms with E-state index in [1.54, 1.807) is 60.5 Å². The number of hydrogen-bond donors (Lipinski definition) is 1. The largest absolute Gasteiger partial charge is 0.444 e. The highest BCUT2D eigenvalue weighted by Crippen LogP contribution is 2.36. The Morgan fingerprint density at radius 1 is 0.956 bits per heavy atom. The Morgan fingerprint density at radius 2 is 1.58 bits per heavy atom. The molecule has 16 heteroatoms. The molecule has 1 aromatic heterocycles. The molecule has 0 fully saturated rings. The molecule has 3 rings (SSSR count). The Hall–Kier alpha value is -3.69. The van der Waals surface area contributed by atoms with E-state index in [9.17, 15) is 22.4 Å². The van der Waals surface area contributed by atoms with E-state index in [1.165, 1.54) is 34.0 Å². The second-order valence-corrected chi connectivity index (χ2v) is 14.8. The van der Waals surface area contributed by atoms with Crippen LogP contribution in [0.15, 0.2) is 46.1 Å². The van der Waals surface area contributed by atoms with Crippen LogP contribution in [0.2, 0.25) is 5.02 Å². The van der Waals surface area contributed by atoms with Crippen molar-refractivity contribution in [2.45, 2.75) is 57.6 Å². The van der Waals surface area contributed by atoms with Crippen molar-refractivity contribution in [1.82, 2.24) is 9.88 Å². The van der Waals surface area contributed by atoms with Gasteiger partial charge in [0.2, 0.25) is 0 Å². The van der Waals surface area contributed by atoms with Gasteiger partial charge in [-0.05, 0) is 65.8 Å². The quantitative estimate of drug-likeness (QED) is 0.248. The molecule has 0 saturated heterocycles. The van der Waals surface area contributed by atoms with E-state index in [0.29, 0.717) is 11.4 Å². The molecule has 0 unspecified atom stereocenters. The van der Waals surface area contributed by atoms with Gasteiger partial charge in [0.1, 0.15) is 27.7 Å². The Bertz CT molecular complexity index is 1640. The van der Waals surface area contributed by atoms with Crippen molar-refractivity contribution in [1.29, 1.82) is 0 Å². The van der Waals surface area contributed by atoms with E-state index in [2.05, 4.69) is 10.3 Å². The first-order valence-electron chi connectivity index (χ1n) is 13.6. The van der Waals surface area contributed by atoms with Gasteiger partial charge in [-0.25, -0.2) is 31.8 Å². The number of ether oxygens (including phenoxy) is 2. The number of rotatable bonds is 9. The Labute approximate surface area is 270 Å². The summed E-state index contributed by atoms with van der Waals surface area (Å²) >= 11 is 7.47. The molecule has 0 aliphatic heterocycles. The number of thiazole rings is 1. The molecule has 2 aromatic carbocycles. The third-order valence-corrected chi connectivity index (χ3v) is 8.42. The summed E-state index contributed by atoms with van der Waals surface area (Å²) in [4.78, 5) is 31.4. The van der Waals surface area contributed by atoms with Gasteiger partial charge in [0, 0.05) is 38.6 Å². The molecule has 0 radical (unpaired) electrons. The van der Waals surface area contributed by atoms with Crippen LogP contribution in [0.25, 0.3) is 0 Å². The number of carbonyl (C=O) groups is 2. The lowest BCUT2D eigenvalue weighted by Crippen LogP contribution is -2.41. The summed E-state index contributed by atoms with van der Waals surface area (Å²) in [5.74, 6) is -2.05. The lowest BCUT2D eigenvalue weighted by atomic mass is 10.2. The average molecular weight is 688 g/mol. The topological polar surface area (TPSA) is 121 Å². The van der Waals surface area contributed by atoms with Crippen LogP contribution >= 0.6 is 22.9 Å². The monoisotopic (exact) mass is 687 g/mol. The molecule has 0 spiro atoms. The molecule has 1 heterocycles. The highest BCUT2D eigenvalue weighted by Gasteiger charge is 2.38. The zero-order valence-corrected chi connectivity index (χ0v) is 28.5. The number of sulfonamides is 1. The molecule has 0 atom stereocenters. The summed E-state index contributed by atoms with van der Waals surface area (Å²) in [6.07, 6.45) is -1.80. The van der Waals surface area contributed by atoms with Crippen LogP contribution in [0.4, 0.5) is 41.2 Å². The first kappa shape index (κ1) is 35.8. The Morgan fingerprint density at radius 3 is 2.16 bits per heavy atom. The number of nitrogens with one attached hydrogen (secondary N) is 1. The number of halogens is 3. The van der Waals surface area contributed by atoms with Gasteiger partial charge in [0.05, 0.1) is 27.6 Å². The SMILES string of the molecule is CN(CCN(C)c1cc(F)ccc1Nc1cc(F)c(S(=O)(=O)N(C(=O)OC(C)(C)C)c2cscn2)cc1Cl)C(=O)OC(C)(C)C. The number of benzene rings is 2. The minimum absolute atomic E-state index is 0.0299. The molecular formula is C29H36ClF2N5O6S2. The van der Waals surface area contributed by atoms with Gasteiger partial charge >= 0.3 is 12.2 Å². The highest BCUT2D eigenvalue weighted by molar-refractivity contribution is 7.93. The number of carbonyl (C=O) groups excluding carboxylic acids is 2. The van der Waals surface area contributed by atoms with Gasteiger partial charge in [0.25, 0.3) is 10.0 Å². The Balaban J connectivity index is 1.91. The number of nitrogens with zero attached hydrogens (tertiary/aromatic N) is 4. The number of amides is 2. The first-order valence-corrected chi connectivity index (χ1v) is 16.3. The van der Waals surface area contributed by atoms with Gasteiger partial charge in [-0.2, -0.15) is 0 Å². The summed E-state index contributed by atoms with van der Waals surface area (Å²) in [6, 6.07) is 5.55. The molecule has 0 saturated carbocycles. The van der Waals surface area contributed by atoms with E-state index < -0.39 is 49.9 Å². The van der Waals surface area contributed by atoms with Crippen LogP contribution in [0.5, 0.6) is 0 Å². The number of likely N-dealkylation sites (N-methyl/N-ethyl adjacent to an activating group) is 2. The zero-order chi connectivity index (χ0) is 33.9. The molecule has 0 bridgehead atoms. The van der Waals surface area contributed by atoms with E-state index in [4.69, 9.17) is 21.1 Å². The van der Waals surface area contributed by atoms with Crippen molar-refractivity contribution >= 4 is 68.0 Å². The van der Waals surface area contributed by atoms with Gasteiger partial charge < -0.3 is 24.6 Å². The van der Waals surface area contributed by atoms with Crippen LogP contribution in [-0.4, -0.2) is 68.9 Å². The third-order valence-electron chi connectivity index (χ3n) is 5.84. The van der Waals surface area contributed by atoms with Crippen molar-refractivity contribution in [3.63, 3.8) is 0 Å². The lowest BCUT2D eigenvalue weighted by Gasteiger charge is -2.28. The van der Waals surface area contributed by atoms with Crippen LogP contribution in [0.1, 0.15) is 41.5 Å². The maximum absolute atomic E-state index is 15.6. The first-order chi connectivity index (χ1) is 20.7. The van der Waals surface area contributed by atoms with Crippen molar-refractivity contribution < 1.29 is 36.3 Å². The molecule has 2 amide bonds. The molecule has 3 aromatic rings. The van der Waals surface area contributed by atoms with E-state index in [1.807, 2.05) is 0 Å². The van der Waals surface area contributed by atoms with Crippen LogP contribution in [0, 0.1) is 11.6 Å². The molecule has 45 heavy (non-hydrogen) atoms. The normalized spacial score (nSPS) is 12.0. The van der Waals surface area contributed by atoms with Gasteiger partial charge in [-0.15, -0.1) is 15.6 Å². The van der Waals surface area contributed by atoms with Crippen molar-refractivity contribution in [2.24, 2.45) is 0 Å². The van der Waals surface area contributed by atoms with E-state index in [0.717, 1.165) is 23.5 Å². The van der Waals surface area contributed by atoms with E-state index in [-0.39, 0.29) is 33.9 Å². The van der Waals surface area contributed by atoms with Crippen LogP contribution < -0.4 is 14.5 Å². The number of aromatic nitrogens is 1. The zero-order valence-electron chi connectivity index (χ0n) is 26.1. The summed E-state index contributed by atoms with van der Waals surface area (Å²) in [6.45, 7) is 10.4. The smallest absolute Gasteiger partial charge is 0.430 e. The van der Waals surface area contributed by atoms with E-state index >= 15 is 4.39 Å². The summed E-state index contributed by atoms with van der Waals surface area (Å²) in [7, 11) is -1.64. The van der Waals surface area contributed by atoms with Gasteiger partial charge in [0.15, 0.2) is 5.82 Å². The van der Waals surface area contributed by atoms with Crippen molar-refractivity contribution in [3.8, 4) is 0 Å². The molecule has 0 aliphatic rings. The predicted molar refractivity (Wildman–Crippen MR) is 171 cm³/mol. The molecule has 0 aliphatic carbocycles. The van der Waals surface area contributed by atoms with Crippen molar-refractivity contribution in [3.05, 3.63) is 57.9 Å². The summed E-state index contributed by atoms with van der Waals surface area (Å²) in [5.41, 5.74) is 0.211. The molecule has 246 valence electrons. The van der Waals surface area contributed by atoms with Crippen molar-refractivity contribution in [2.75, 3.05) is 41.7 Å². The number of anilines is 4. The number of hydrogen-bond acceptors (Lipinski definition) is 10. The summed E-state index contributed by atoms with van der Waals surface area (Å²) < 4.78 is 68.0. The fourth-order valence-electron chi connectivity index (χ4n) is 3.77. The maximum atomic E-state index is 15.6. The summed E-state index contributed by atoms with van der Waals surface area (Å²) in [5, 5.41) is 4.02. The fourth-order valence-corrected chi connectivity index (χ4v) is 5.98. The standard InChI is InChI=1S/C29H36ClF2N5O6S2/c1-28(2,3)42-26(38)36(8)12-11-35(7)23-13-18(31)9-10-21(23)34-22-15-20(32)24(14-19(22)30)45(40,41)37(25-16-44-17-33-25)27(39)43-29(4,5)6/h9-10,13-17,34H,11-12H2,1-8H3. The van der Waals surface area contributed by atoms with Crippen LogP contribution in [-0.2, 0) is 19.5 Å². The molecule has 11 nitrogen and oxygen atoms in total. The minimum Gasteiger partial charge on any atom is -0.444 e. The third kappa shape index (κ3) is 9.41. The second kappa shape index (κ2) is 13.7. The lowest BCUT2D eigenvalue weighted by molar-refractivity contribution is 0.0303. The maximum Gasteiger partial charge on any atom is 0.430 e. The average Bonchev–Trinajstić information content (AvgIpc) is 3.41. The van der Waals surface area contributed by atoms with Gasteiger partial charge in [-0.3, -0.25) is 0 Å². The second-order valence-electron chi connectivity index (χ2n) is 12.0.